The number of ketones is 1. The highest BCUT2D eigenvalue weighted by atomic mass is 16.1. The van der Waals surface area contributed by atoms with Gasteiger partial charge in [-0.25, -0.2) is 9.67 Å². The molecule has 3 heterocycles. The molecule has 4 aromatic rings. The maximum atomic E-state index is 12.1. The third-order valence-electron chi connectivity index (χ3n) is 5.28. The summed E-state index contributed by atoms with van der Waals surface area (Å²) in [7, 11) is 0. The number of hydrogen-bond acceptors (Lipinski definition) is 7. The third kappa shape index (κ3) is 4.77. The van der Waals surface area contributed by atoms with E-state index in [1.807, 2.05) is 35.9 Å². The minimum Gasteiger partial charge on any atom is -0.291 e. The van der Waals surface area contributed by atoms with Gasteiger partial charge < -0.3 is 0 Å². The van der Waals surface area contributed by atoms with E-state index in [0.29, 0.717) is 30.2 Å². The van der Waals surface area contributed by atoms with Gasteiger partial charge in [0.15, 0.2) is 0 Å². The van der Waals surface area contributed by atoms with Crippen molar-refractivity contribution in [1.29, 1.82) is 0 Å². The monoisotopic (exact) mass is 430 g/mol. The van der Waals surface area contributed by atoms with E-state index in [1.165, 1.54) is 0 Å². The molecule has 164 valence electrons. The average molecular weight is 431 g/mol. The molecule has 1 N–H and O–H groups in total. The predicted octanol–water partition coefficient (Wildman–Crippen LogP) is 3.89. The number of nitrogens with zero attached hydrogens (tertiary/aromatic N) is 7. The second-order valence-corrected chi connectivity index (χ2v) is 7.57. The van der Waals surface area contributed by atoms with Gasteiger partial charge in [-0.05, 0) is 28.8 Å². The highest BCUT2D eigenvalue weighted by Gasteiger charge is 2.16. The summed E-state index contributed by atoms with van der Waals surface area (Å²) in [4.78, 5) is 21.1. The van der Waals surface area contributed by atoms with Crippen molar-refractivity contribution < 1.29 is 4.79 Å². The Balaban J connectivity index is 1.57. The molecule has 9 heteroatoms. The van der Waals surface area contributed by atoms with Crippen LogP contribution < -0.4 is 0 Å². The summed E-state index contributed by atoms with van der Waals surface area (Å²) in [5.41, 5.74) is 3.71. The Morgan fingerprint density at radius 1 is 1.09 bits per heavy atom. The van der Waals surface area contributed by atoms with Gasteiger partial charge in [0.1, 0.15) is 11.5 Å². The molecule has 0 amide bonds. The van der Waals surface area contributed by atoms with Crippen molar-refractivity contribution in [3.63, 3.8) is 0 Å². The quantitative estimate of drug-likeness (QED) is 0.300. The first kappa shape index (κ1) is 21.5. The molecule has 1 aromatic carbocycles. The summed E-state index contributed by atoms with van der Waals surface area (Å²) in [6, 6.07) is 12.1. The fraction of sp³-hybridized carbons (Fsp3) is 0.348. The first-order chi connectivity index (χ1) is 15.7. The smallest absolute Gasteiger partial charge is 0.223 e. The SMILES string of the molecule is CCCCCn1nc(C(=O)CC)nc1Cc1ccc(-c2cccnc2-c2nn[nH]n2)cc1. The van der Waals surface area contributed by atoms with Crippen molar-refractivity contribution >= 4 is 5.78 Å². The normalized spacial score (nSPS) is 11.1. The number of hydrogen-bond donors (Lipinski definition) is 1. The van der Waals surface area contributed by atoms with E-state index in [9.17, 15) is 4.79 Å². The van der Waals surface area contributed by atoms with Gasteiger partial charge in [-0.3, -0.25) is 9.78 Å². The Morgan fingerprint density at radius 3 is 2.66 bits per heavy atom. The lowest BCUT2D eigenvalue weighted by molar-refractivity contribution is 0.0978. The predicted molar refractivity (Wildman–Crippen MR) is 120 cm³/mol. The van der Waals surface area contributed by atoms with Gasteiger partial charge in [0.2, 0.25) is 17.4 Å². The second kappa shape index (κ2) is 10.0. The maximum absolute atomic E-state index is 12.1. The van der Waals surface area contributed by atoms with Gasteiger partial charge in [0.25, 0.3) is 0 Å². The highest BCUT2D eigenvalue weighted by Crippen LogP contribution is 2.28. The maximum Gasteiger partial charge on any atom is 0.223 e. The number of Topliss-reactive ketones (excluding diaryl/α,β-unsaturated/α-hetero) is 1. The first-order valence-electron chi connectivity index (χ1n) is 10.9. The zero-order valence-electron chi connectivity index (χ0n) is 18.3. The van der Waals surface area contributed by atoms with Crippen molar-refractivity contribution in [3.8, 4) is 22.6 Å². The zero-order chi connectivity index (χ0) is 22.3. The van der Waals surface area contributed by atoms with Crippen LogP contribution in [0.4, 0.5) is 0 Å². The highest BCUT2D eigenvalue weighted by molar-refractivity contribution is 5.92. The fourth-order valence-corrected chi connectivity index (χ4v) is 3.54. The first-order valence-corrected chi connectivity index (χ1v) is 10.9. The molecule has 0 fully saturated rings. The fourth-order valence-electron chi connectivity index (χ4n) is 3.54. The number of aromatic nitrogens is 8. The van der Waals surface area contributed by atoms with Crippen LogP contribution >= 0.6 is 0 Å². The number of tetrazole rings is 1. The van der Waals surface area contributed by atoms with Crippen molar-refractivity contribution in [1.82, 2.24) is 40.4 Å². The summed E-state index contributed by atoms with van der Waals surface area (Å²) in [6.45, 7) is 4.77. The van der Waals surface area contributed by atoms with Crippen molar-refractivity contribution in [2.45, 2.75) is 52.5 Å². The van der Waals surface area contributed by atoms with Crippen LogP contribution in [-0.2, 0) is 13.0 Å². The lowest BCUT2D eigenvalue weighted by Crippen LogP contribution is -2.07. The molecule has 4 rings (SSSR count). The minimum absolute atomic E-state index is 0.0265. The van der Waals surface area contributed by atoms with Crippen LogP contribution in [-0.4, -0.2) is 46.2 Å². The van der Waals surface area contributed by atoms with Crippen LogP contribution in [0.5, 0.6) is 0 Å². The summed E-state index contributed by atoms with van der Waals surface area (Å²) in [5, 5.41) is 18.7. The van der Waals surface area contributed by atoms with E-state index >= 15 is 0 Å². The van der Waals surface area contributed by atoms with Gasteiger partial charge in [-0.15, -0.1) is 15.3 Å². The summed E-state index contributed by atoms with van der Waals surface area (Å²) < 4.78 is 1.89. The number of carbonyl (C=O) groups is 1. The van der Waals surface area contributed by atoms with E-state index in [1.54, 1.807) is 6.20 Å². The average Bonchev–Trinajstić information content (AvgIpc) is 3.50. The third-order valence-corrected chi connectivity index (χ3v) is 5.28. The molecule has 9 nitrogen and oxygen atoms in total. The molecule has 0 aliphatic carbocycles. The van der Waals surface area contributed by atoms with Crippen LogP contribution in [0, 0.1) is 0 Å². The van der Waals surface area contributed by atoms with Crippen molar-refractivity contribution in [2.24, 2.45) is 0 Å². The number of carbonyl (C=O) groups excluding carboxylic acids is 1. The molecule has 0 bridgehead atoms. The minimum atomic E-state index is -0.0265. The van der Waals surface area contributed by atoms with E-state index in [0.717, 1.165) is 48.3 Å². The van der Waals surface area contributed by atoms with Gasteiger partial charge in [-0.1, -0.05) is 57.0 Å². The molecular weight excluding hydrogens is 404 g/mol. The molecule has 0 aliphatic rings. The van der Waals surface area contributed by atoms with Crippen LogP contribution in [0.2, 0.25) is 0 Å². The van der Waals surface area contributed by atoms with Gasteiger partial charge in [0, 0.05) is 31.1 Å². The van der Waals surface area contributed by atoms with E-state index in [4.69, 9.17) is 0 Å². The van der Waals surface area contributed by atoms with E-state index < -0.39 is 0 Å². The van der Waals surface area contributed by atoms with Crippen molar-refractivity contribution in [2.75, 3.05) is 0 Å². The zero-order valence-corrected chi connectivity index (χ0v) is 18.3. The Labute approximate surface area is 186 Å². The number of unbranched alkanes of at least 4 members (excludes halogenated alkanes) is 2. The molecule has 0 unspecified atom stereocenters. The standard InChI is InChI=1S/C23H26N8O/c1-3-5-6-14-31-20(25-22(28-31)19(32)4-2)15-16-9-11-17(12-10-16)18-8-7-13-24-21(18)23-26-29-30-27-23/h7-13H,3-6,14-15H2,1-2H3,(H,26,27,29,30). The molecule has 3 aromatic heterocycles. The summed E-state index contributed by atoms with van der Waals surface area (Å²) >= 11 is 0. The number of aromatic amines is 1. The van der Waals surface area contributed by atoms with Crippen LogP contribution in [0.1, 0.15) is 61.5 Å². The number of H-pyrrole nitrogens is 1. The molecule has 32 heavy (non-hydrogen) atoms. The Hall–Kier alpha value is -3.75. The lowest BCUT2D eigenvalue weighted by atomic mass is 10.0. The van der Waals surface area contributed by atoms with Gasteiger partial charge >= 0.3 is 0 Å². The number of rotatable bonds is 10. The Kier molecular flexibility index (Phi) is 6.74. The Bertz CT molecular complexity index is 1170. The topological polar surface area (TPSA) is 115 Å². The molecule has 0 atom stereocenters. The number of aryl methyl sites for hydroxylation is 1. The van der Waals surface area contributed by atoms with Crippen LogP contribution in [0.3, 0.4) is 0 Å². The lowest BCUT2D eigenvalue weighted by Gasteiger charge is -2.08. The van der Waals surface area contributed by atoms with Gasteiger partial charge in [0.05, 0.1) is 0 Å². The number of pyridine rings is 1. The second-order valence-electron chi connectivity index (χ2n) is 7.57. The van der Waals surface area contributed by atoms with Crippen LogP contribution in [0.15, 0.2) is 42.6 Å². The molecule has 0 saturated carbocycles. The van der Waals surface area contributed by atoms with Crippen LogP contribution in [0.25, 0.3) is 22.6 Å². The van der Waals surface area contributed by atoms with E-state index in [-0.39, 0.29) is 5.78 Å². The molecule has 0 spiro atoms. The van der Waals surface area contributed by atoms with Gasteiger partial charge in [-0.2, -0.15) is 5.21 Å². The largest absolute Gasteiger partial charge is 0.291 e. The summed E-state index contributed by atoms with van der Waals surface area (Å²) in [5.74, 6) is 1.56. The van der Waals surface area contributed by atoms with Crippen molar-refractivity contribution in [3.05, 3.63) is 59.8 Å². The van der Waals surface area contributed by atoms with E-state index in [2.05, 4.69) is 54.7 Å². The Morgan fingerprint density at radius 2 is 1.94 bits per heavy atom. The number of benzene rings is 1. The molecular formula is C23H26N8O. The molecule has 0 aliphatic heterocycles. The molecule has 0 radical (unpaired) electrons. The molecule has 0 saturated heterocycles. The summed E-state index contributed by atoms with van der Waals surface area (Å²) in [6.07, 6.45) is 6.00. The number of nitrogens with one attached hydrogen (secondary N) is 1.